The Labute approximate surface area is 200 Å². The zero-order chi connectivity index (χ0) is 23.2. The van der Waals surface area contributed by atoms with Gasteiger partial charge in [-0.1, -0.05) is 36.4 Å². The van der Waals surface area contributed by atoms with Gasteiger partial charge in [0.2, 0.25) is 0 Å². The van der Waals surface area contributed by atoms with Crippen LogP contribution in [0.2, 0.25) is 0 Å². The second kappa shape index (κ2) is 10.6. The normalized spacial score (nSPS) is 10.7. The fraction of sp³-hybridized carbons (Fsp3) is 0.192. The number of carbonyl (C=O) groups is 2. The lowest BCUT2D eigenvalue weighted by atomic mass is 10.1. The molecule has 2 heterocycles. The number of hydrogen-bond donors (Lipinski definition) is 0. The number of aromatic nitrogens is 1. The molecule has 0 atom stereocenters. The van der Waals surface area contributed by atoms with Crippen molar-refractivity contribution in [3.05, 3.63) is 82.0 Å². The molecule has 4 aromatic rings. The zero-order valence-electron chi connectivity index (χ0n) is 18.4. The van der Waals surface area contributed by atoms with Crippen LogP contribution in [0.15, 0.2) is 66.0 Å². The van der Waals surface area contributed by atoms with Gasteiger partial charge in [0.1, 0.15) is 17.4 Å². The number of esters is 1. The fourth-order valence-corrected chi connectivity index (χ4v) is 5.20. The van der Waals surface area contributed by atoms with E-state index in [1.165, 1.54) is 18.3 Å². The van der Waals surface area contributed by atoms with E-state index >= 15 is 0 Å². The number of thiazole rings is 1. The van der Waals surface area contributed by atoms with Crippen LogP contribution in [0, 0.1) is 0 Å². The lowest BCUT2D eigenvalue weighted by Crippen LogP contribution is -2.09. The Bertz CT molecular complexity index is 1250. The molecule has 0 amide bonds. The maximum Gasteiger partial charge on any atom is 0.311 e. The molecule has 0 aliphatic heterocycles. The van der Waals surface area contributed by atoms with Crippen molar-refractivity contribution in [3.8, 4) is 26.9 Å². The fourth-order valence-electron chi connectivity index (χ4n) is 3.33. The number of benzene rings is 2. The zero-order valence-corrected chi connectivity index (χ0v) is 20.0. The largest absolute Gasteiger partial charge is 0.493 e. The van der Waals surface area contributed by atoms with Crippen LogP contribution in [0.25, 0.3) is 21.1 Å². The van der Waals surface area contributed by atoms with Crippen LogP contribution < -0.4 is 4.74 Å². The average Bonchev–Trinajstić information content (AvgIpc) is 3.49. The molecule has 168 valence electrons. The predicted octanol–water partition coefficient (Wildman–Crippen LogP) is 6.43. The van der Waals surface area contributed by atoms with Crippen molar-refractivity contribution in [2.45, 2.75) is 26.9 Å². The van der Waals surface area contributed by atoms with Crippen LogP contribution >= 0.6 is 22.7 Å². The molecule has 2 aromatic carbocycles. The molecule has 5 nitrogen and oxygen atoms in total. The average molecular weight is 478 g/mol. The van der Waals surface area contributed by atoms with Gasteiger partial charge in [-0.15, -0.1) is 22.7 Å². The Morgan fingerprint density at radius 1 is 1.03 bits per heavy atom. The van der Waals surface area contributed by atoms with Crippen molar-refractivity contribution in [2.75, 3.05) is 6.61 Å². The van der Waals surface area contributed by atoms with E-state index in [9.17, 15) is 9.59 Å². The summed E-state index contributed by atoms with van der Waals surface area (Å²) in [5.74, 6) is 0.204. The third-order valence-corrected chi connectivity index (χ3v) is 6.91. The van der Waals surface area contributed by atoms with Gasteiger partial charge in [0.25, 0.3) is 0 Å². The van der Waals surface area contributed by atoms with Crippen molar-refractivity contribution >= 4 is 34.4 Å². The second-order valence-corrected chi connectivity index (χ2v) is 9.31. The van der Waals surface area contributed by atoms with Crippen molar-refractivity contribution in [2.24, 2.45) is 0 Å². The Morgan fingerprint density at radius 2 is 1.85 bits per heavy atom. The first-order valence-corrected chi connectivity index (χ1v) is 12.3. The molecule has 4 rings (SSSR count). The highest BCUT2D eigenvalue weighted by Crippen LogP contribution is 2.36. The molecule has 0 radical (unpaired) electrons. The summed E-state index contributed by atoms with van der Waals surface area (Å²) in [5, 5.41) is 2.87. The van der Waals surface area contributed by atoms with Gasteiger partial charge in [-0.05, 0) is 43.5 Å². The van der Waals surface area contributed by atoms with Gasteiger partial charge in [-0.2, -0.15) is 0 Å². The third-order valence-electron chi connectivity index (χ3n) is 4.93. The lowest BCUT2D eigenvalue weighted by Gasteiger charge is -2.12. The third kappa shape index (κ3) is 5.56. The van der Waals surface area contributed by atoms with Crippen LogP contribution in [-0.4, -0.2) is 23.3 Å². The minimum Gasteiger partial charge on any atom is -0.493 e. The molecule has 0 saturated carbocycles. The summed E-state index contributed by atoms with van der Waals surface area (Å²) >= 11 is 3.10. The maximum absolute atomic E-state index is 12.8. The smallest absolute Gasteiger partial charge is 0.311 e. The first kappa shape index (κ1) is 22.9. The number of hydrogen-bond acceptors (Lipinski definition) is 7. The summed E-state index contributed by atoms with van der Waals surface area (Å²) < 4.78 is 11.2. The summed E-state index contributed by atoms with van der Waals surface area (Å²) in [5.41, 5.74) is 3.06. The molecule has 0 unspecified atom stereocenters. The van der Waals surface area contributed by atoms with Crippen LogP contribution in [0.1, 0.15) is 34.6 Å². The summed E-state index contributed by atoms with van der Waals surface area (Å²) in [7, 11) is 0. The molecule has 33 heavy (non-hydrogen) atoms. The number of ketones is 1. The summed E-state index contributed by atoms with van der Waals surface area (Å²) in [6, 6.07) is 19.1. The van der Waals surface area contributed by atoms with Gasteiger partial charge in [-0.25, -0.2) is 4.98 Å². The van der Waals surface area contributed by atoms with E-state index in [0.29, 0.717) is 23.5 Å². The SMILES string of the molecule is CCOc1ccc(C(C)=O)cc1COC(=O)Cc1sc(-c2ccccc2)nc1-c1cccs1. The van der Waals surface area contributed by atoms with Gasteiger partial charge < -0.3 is 9.47 Å². The van der Waals surface area contributed by atoms with Crippen molar-refractivity contribution in [1.82, 2.24) is 4.98 Å². The molecule has 0 spiro atoms. The Kier molecular flexibility index (Phi) is 7.32. The van der Waals surface area contributed by atoms with Gasteiger partial charge in [-0.3, -0.25) is 9.59 Å². The number of ether oxygens (including phenoxy) is 2. The first-order valence-electron chi connectivity index (χ1n) is 10.6. The summed E-state index contributed by atoms with van der Waals surface area (Å²) in [6.07, 6.45) is 0.119. The Morgan fingerprint density at radius 3 is 2.55 bits per heavy atom. The molecular formula is C26H23NO4S2. The minimum absolute atomic E-state index is 0.0357. The van der Waals surface area contributed by atoms with E-state index in [0.717, 1.165) is 26.0 Å². The van der Waals surface area contributed by atoms with Crippen molar-refractivity contribution < 1.29 is 19.1 Å². The second-order valence-electron chi connectivity index (χ2n) is 7.28. The van der Waals surface area contributed by atoms with Gasteiger partial charge in [0, 0.05) is 21.6 Å². The molecule has 2 aromatic heterocycles. The quantitative estimate of drug-likeness (QED) is 0.205. The molecular weight excluding hydrogens is 454 g/mol. The van der Waals surface area contributed by atoms with Crippen LogP contribution in [-0.2, 0) is 22.6 Å². The highest BCUT2D eigenvalue weighted by atomic mass is 32.1. The molecule has 0 aliphatic carbocycles. The standard InChI is InChI=1S/C26H23NO4S2/c1-3-30-21-12-11-19(17(2)28)14-20(21)16-31-24(29)15-23-25(22-10-7-13-32-22)27-26(33-23)18-8-5-4-6-9-18/h4-14H,3,15-16H2,1-2H3. The highest BCUT2D eigenvalue weighted by molar-refractivity contribution is 7.17. The van der Waals surface area contributed by atoms with Crippen LogP contribution in [0.5, 0.6) is 5.75 Å². The number of Topliss-reactive ketones (excluding diaryl/α,β-unsaturated/α-hetero) is 1. The van der Waals surface area contributed by atoms with E-state index in [-0.39, 0.29) is 24.8 Å². The number of rotatable bonds is 9. The maximum atomic E-state index is 12.8. The van der Waals surface area contributed by atoms with Gasteiger partial charge >= 0.3 is 5.97 Å². The van der Waals surface area contributed by atoms with Crippen molar-refractivity contribution in [1.29, 1.82) is 0 Å². The number of thiophene rings is 1. The molecule has 0 aliphatic rings. The Hall–Kier alpha value is -3.29. The predicted molar refractivity (Wildman–Crippen MR) is 132 cm³/mol. The van der Waals surface area contributed by atoms with Crippen molar-refractivity contribution in [3.63, 3.8) is 0 Å². The molecule has 0 fully saturated rings. The molecule has 7 heteroatoms. The van der Waals surface area contributed by atoms with E-state index in [4.69, 9.17) is 14.5 Å². The summed E-state index contributed by atoms with van der Waals surface area (Å²) in [4.78, 5) is 31.3. The van der Waals surface area contributed by atoms with Gasteiger partial charge in [0.15, 0.2) is 5.78 Å². The highest BCUT2D eigenvalue weighted by Gasteiger charge is 2.19. The van der Waals surface area contributed by atoms with Crippen LogP contribution in [0.4, 0.5) is 0 Å². The van der Waals surface area contributed by atoms with E-state index in [1.54, 1.807) is 29.5 Å². The summed E-state index contributed by atoms with van der Waals surface area (Å²) in [6.45, 7) is 3.90. The monoisotopic (exact) mass is 477 g/mol. The lowest BCUT2D eigenvalue weighted by molar-refractivity contribution is -0.144. The molecule has 0 bridgehead atoms. The van der Waals surface area contributed by atoms with E-state index in [1.807, 2.05) is 54.8 Å². The van der Waals surface area contributed by atoms with Gasteiger partial charge in [0.05, 0.1) is 23.6 Å². The first-order chi connectivity index (χ1) is 16.0. The Balaban J connectivity index is 1.54. The number of carbonyl (C=O) groups excluding carboxylic acids is 2. The molecule has 0 saturated heterocycles. The van der Waals surface area contributed by atoms with Crippen LogP contribution in [0.3, 0.4) is 0 Å². The minimum atomic E-state index is -0.355. The molecule has 0 N–H and O–H groups in total. The topological polar surface area (TPSA) is 65.5 Å². The number of nitrogens with zero attached hydrogens (tertiary/aromatic N) is 1. The van der Waals surface area contributed by atoms with E-state index in [2.05, 4.69) is 0 Å². The van der Waals surface area contributed by atoms with E-state index < -0.39 is 0 Å².